The van der Waals surface area contributed by atoms with Crippen molar-refractivity contribution in [1.29, 1.82) is 0 Å². The van der Waals surface area contributed by atoms with Crippen LogP contribution in [0.5, 0.6) is 0 Å². The van der Waals surface area contributed by atoms with E-state index in [1.165, 1.54) is 6.07 Å². The summed E-state index contributed by atoms with van der Waals surface area (Å²) in [5, 5.41) is 3.45. The number of amides is 2. The van der Waals surface area contributed by atoms with Gasteiger partial charge in [-0.25, -0.2) is 4.79 Å². The van der Waals surface area contributed by atoms with Crippen molar-refractivity contribution < 1.29 is 32.0 Å². The maximum atomic E-state index is 13.5. The first-order chi connectivity index (χ1) is 17.9. The number of carbonyl (C=O) groups excluding carboxylic acids is 2. The van der Waals surface area contributed by atoms with Crippen LogP contribution in [0.1, 0.15) is 60.5 Å². The molecule has 0 spiro atoms. The molecule has 11 heteroatoms. The second kappa shape index (κ2) is 9.45. The SMILES string of the molecule is CC(C)(C)OC(=O)N1CC[C@@H](N2Cc3cc(-c4noc(C(F)(F)F)n4)ccc3C2=O)[C@H](c2ccccc2)C1. The zero-order chi connectivity index (χ0) is 27.2. The number of fused-ring (bicyclic) bond motifs is 1. The van der Waals surface area contributed by atoms with Crippen molar-refractivity contribution in [3.05, 3.63) is 71.1 Å². The Morgan fingerprint density at radius 1 is 1.11 bits per heavy atom. The molecule has 2 amide bonds. The monoisotopic (exact) mass is 528 g/mol. The quantitative estimate of drug-likeness (QED) is 0.446. The molecule has 2 aromatic carbocycles. The van der Waals surface area contributed by atoms with E-state index in [4.69, 9.17) is 4.74 Å². The number of benzene rings is 2. The molecule has 0 aliphatic carbocycles. The Morgan fingerprint density at radius 3 is 2.50 bits per heavy atom. The third-order valence-electron chi connectivity index (χ3n) is 6.72. The zero-order valence-electron chi connectivity index (χ0n) is 21.2. The van der Waals surface area contributed by atoms with Gasteiger partial charge in [-0.05, 0) is 50.5 Å². The number of carbonyl (C=O) groups is 2. The molecule has 8 nitrogen and oxygen atoms in total. The number of hydrogen-bond donors (Lipinski definition) is 0. The van der Waals surface area contributed by atoms with E-state index < -0.39 is 23.8 Å². The average molecular weight is 529 g/mol. The molecule has 2 atom stereocenters. The lowest BCUT2D eigenvalue weighted by atomic mass is 9.85. The van der Waals surface area contributed by atoms with E-state index in [0.717, 1.165) is 5.56 Å². The summed E-state index contributed by atoms with van der Waals surface area (Å²) >= 11 is 0. The van der Waals surface area contributed by atoms with Crippen LogP contribution in [0.2, 0.25) is 0 Å². The fourth-order valence-corrected chi connectivity index (χ4v) is 5.04. The van der Waals surface area contributed by atoms with Gasteiger partial charge in [0.2, 0.25) is 5.82 Å². The lowest BCUT2D eigenvalue weighted by molar-refractivity contribution is -0.159. The summed E-state index contributed by atoms with van der Waals surface area (Å²) in [6.07, 6.45) is -4.59. The molecule has 0 bridgehead atoms. The smallest absolute Gasteiger partial charge is 0.444 e. The summed E-state index contributed by atoms with van der Waals surface area (Å²) in [6.45, 7) is 6.56. The van der Waals surface area contributed by atoms with Crippen LogP contribution in [0.3, 0.4) is 0 Å². The second-order valence-corrected chi connectivity index (χ2v) is 10.5. The largest absolute Gasteiger partial charge is 0.471 e. The van der Waals surface area contributed by atoms with Crippen LogP contribution < -0.4 is 0 Å². The van der Waals surface area contributed by atoms with Crippen LogP contribution in [0.25, 0.3) is 11.4 Å². The van der Waals surface area contributed by atoms with E-state index in [0.29, 0.717) is 36.2 Å². The molecule has 0 N–H and O–H groups in total. The lowest BCUT2D eigenvalue weighted by Crippen LogP contribution is -2.52. The van der Waals surface area contributed by atoms with Crippen molar-refractivity contribution in [2.24, 2.45) is 0 Å². The number of likely N-dealkylation sites (tertiary alicyclic amines) is 1. The van der Waals surface area contributed by atoms with Gasteiger partial charge in [-0.3, -0.25) is 4.79 Å². The molecule has 38 heavy (non-hydrogen) atoms. The van der Waals surface area contributed by atoms with Gasteiger partial charge in [-0.1, -0.05) is 41.6 Å². The van der Waals surface area contributed by atoms with E-state index in [9.17, 15) is 22.8 Å². The summed E-state index contributed by atoms with van der Waals surface area (Å²) in [7, 11) is 0. The Bertz CT molecular complexity index is 1350. The normalized spacial score (nSPS) is 20.0. The van der Waals surface area contributed by atoms with Crippen LogP contribution in [-0.2, 0) is 17.5 Å². The van der Waals surface area contributed by atoms with Gasteiger partial charge in [0, 0.05) is 42.7 Å². The van der Waals surface area contributed by atoms with Crippen molar-refractivity contribution >= 4 is 12.0 Å². The van der Waals surface area contributed by atoms with Gasteiger partial charge in [-0.2, -0.15) is 18.2 Å². The summed E-state index contributed by atoms with van der Waals surface area (Å²) in [4.78, 5) is 33.2. The van der Waals surface area contributed by atoms with Crippen molar-refractivity contribution in [3.8, 4) is 11.4 Å². The van der Waals surface area contributed by atoms with Gasteiger partial charge < -0.3 is 19.1 Å². The van der Waals surface area contributed by atoms with Crippen molar-refractivity contribution in [2.45, 2.75) is 57.5 Å². The fraction of sp³-hybridized carbons (Fsp3) is 0.407. The van der Waals surface area contributed by atoms with Gasteiger partial charge in [0.05, 0.1) is 0 Å². The first-order valence-electron chi connectivity index (χ1n) is 12.3. The number of piperidine rings is 1. The molecule has 0 saturated carbocycles. The number of halogens is 3. The highest BCUT2D eigenvalue weighted by molar-refractivity contribution is 5.99. The number of hydrogen-bond acceptors (Lipinski definition) is 6. The molecule has 1 aromatic heterocycles. The Morgan fingerprint density at radius 2 is 1.84 bits per heavy atom. The molecule has 1 saturated heterocycles. The topological polar surface area (TPSA) is 88.8 Å². The molecule has 200 valence electrons. The minimum atomic E-state index is -4.74. The highest BCUT2D eigenvalue weighted by Gasteiger charge is 2.42. The summed E-state index contributed by atoms with van der Waals surface area (Å²) in [5.74, 6) is -1.93. The fourth-order valence-electron chi connectivity index (χ4n) is 5.04. The minimum Gasteiger partial charge on any atom is -0.444 e. The van der Waals surface area contributed by atoms with E-state index >= 15 is 0 Å². The number of ether oxygens (including phenoxy) is 1. The van der Waals surface area contributed by atoms with Gasteiger partial charge in [0.15, 0.2) is 0 Å². The molecule has 0 radical (unpaired) electrons. The molecule has 1 fully saturated rings. The van der Waals surface area contributed by atoms with E-state index in [1.54, 1.807) is 21.9 Å². The number of rotatable bonds is 3. The molecule has 3 heterocycles. The molecule has 2 aliphatic heterocycles. The maximum absolute atomic E-state index is 13.5. The predicted molar refractivity (Wildman–Crippen MR) is 130 cm³/mol. The highest BCUT2D eigenvalue weighted by Crippen LogP contribution is 2.37. The molecule has 5 rings (SSSR count). The third kappa shape index (κ3) is 5.09. The van der Waals surface area contributed by atoms with E-state index in [1.807, 2.05) is 51.1 Å². The predicted octanol–water partition coefficient (Wildman–Crippen LogP) is 5.50. The highest BCUT2D eigenvalue weighted by atomic mass is 19.4. The van der Waals surface area contributed by atoms with Crippen molar-refractivity contribution in [2.75, 3.05) is 13.1 Å². The summed E-state index contributed by atoms with van der Waals surface area (Å²) in [6, 6.07) is 14.3. The first kappa shape index (κ1) is 25.7. The van der Waals surface area contributed by atoms with Gasteiger partial charge in [-0.15, -0.1) is 0 Å². The van der Waals surface area contributed by atoms with E-state index in [-0.39, 0.29) is 30.2 Å². The Hall–Kier alpha value is -3.89. The van der Waals surface area contributed by atoms with Gasteiger partial charge in [0.25, 0.3) is 5.91 Å². The Labute approximate surface area is 217 Å². The van der Waals surface area contributed by atoms with Crippen molar-refractivity contribution in [3.63, 3.8) is 0 Å². The Kier molecular flexibility index (Phi) is 6.40. The summed E-state index contributed by atoms with van der Waals surface area (Å²) < 4.78 is 48.6. The minimum absolute atomic E-state index is 0.151. The van der Waals surface area contributed by atoms with Crippen LogP contribution in [-0.4, -0.2) is 56.7 Å². The van der Waals surface area contributed by atoms with Gasteiger partial charge >= 0.3 is 18.2 Å². The maximum Gasteiger partial charge on any atom is 0.471 e. The molecular weight excluding hydrogens is 501 g/mol. The van der Waals surface area contributed by atoms with E-state index in [2.05, 4.69) is 14.7 Å². The van der Waals surface area contributed by atoms with Crippen LogP contribution in [0.15, 0.2) is 53.1 Å². The summed E-state index contributed by atoms with van der Waals surface area (Å²) in [5.41, 5.74) is 1.86. The molecule has 0 unspecified atom stereocenters. The average Bonchev–Trinajstić information content (AvgIpc) is 3.48. The number of alkyl halides is 3. The zero-order valence-corrected chi connectivity index (χ0v) is 21.2. The van der Waals surface area contributed by atoms with Gasteiger partial charge in [0.1, 0.15) is 5.60 Å². The Balaban J connectivity index is 1.40. The van der Waals surface area contributed by atoms with Crippen LogP contribution >= 0.6 is 0 Å². The molecular formula is C27H27F3N4O4. The number of nitrogens with zero attached hydrogens (tertiary/aromatic N) is 4. The van der Waals surface area contributed by atoms with Crippen LogP contribution in [0.4, 0.5) is 18.0 Å². The number of aromatic nitrogens is 2. The van der Waals surface area contributed by atoms with Crippen LogP contribution in [0, 0.1) is 0 Å². The second-order valence-electron chi connectivity index (χ2n) is 10.5. The molecule has 2 aliphatic rings. The third-order valence-corrected chi connectivity index (χ3v) is 6.72. The molecule has 3 aromatic rings. The first-order valence-corrected chi connectivity index (χ1v) is 12.3. The lowest BCUT2D eigenvalue weighted by Gasteiger charge is -2.43. The van der Waals surface area contributed by atoms with Crippen molar-refractivity contribution in [1.82, 2.24) is 19.9 Å². The standard InChI is InChI=1S/C27H27F3N4O4/c1-26(2,3)37-25(36)33-12-11-21(20(15-33)16-7-5-4-6-8-16)34-14-18-13-17(9-10-19(18)23(34)35)22-31-24(38-32-22)27(28,29)30/h4-10,13,20-21H,11-12,14-15H2,1-3H3/t20-,21+/m0/s1.